The van der Waals surface area contributed by atoms with Gasteiger partial charge in [0.1, 0.15) is 17.7 Å². The minimum absolute atomic E-state index is 0.0707. The van der Waals surface area contributed by atoms with Gasteiger partial charge in [0.05, 0.1) is 18.7 Å². The van der Waals surface area contributed by atoms with Gasteiger partial charge in [-0.05, 0) is 93.1 Å². The van der Waals surface area contributed by atoms with Crippen molar-refractivity contribution in [3.05, 3.63) is 29.1 Å². The molecular weight excluding hydrogens is 384 g/mol. The maximum Gasteiger partial charge on any atom is 0.256 e. The van der Waals surface area contributed by atoms with E-state index in [-0.39, 0.29) is 23.4 Å². The summed E-state index contributed by atoms with van der Waals surface area (Å²) in [6.07, 6.45) is 9.43. The first-order chi connectivity index (χ1) is 14.5. The van der Waals surface area contributed by atoms with Crippen LogP contribution in [0.25, 0.3) is 0 Å². The molecule has 7 rings (SSSR count). The Morgan fingerprint density at radius 1 is 1.07 bits per heavy atom. The second-order valence-electron chi connectivity index (χ2n) is 11.0. The lowest BCUT2D eigenvalue weighted by Crippen LogP contribution is -2.48. The maximum atomic E-state index is 15.0. The zero-order valence-corrected chi connectivity index (χ0v) is 17.5. The van der Waals surface area contributed by atoms with Crippen LogP contribution in [-0.2, 0) is 0 Å². The summed E-state index contributed by atoms with van der Waals surface area (Å²) in [4.78, 5) is 14.2. The Bertz CT molecular complexity index is 830. The third-order valence-corrected chi connectivity index (χ3v) is 8.46. The minimum Gasteiger partial charge on any atom is -0.493 e. The Hall–Kier alpha value is -1.65. The molecule has 6 aliphatic rings. The second-order valence-corrected chi connectivity index (χ2v) is 11.0. The van der Waals surface area contributed by atoms with E-state index in [9.17, 15) is 13.6 Å². The SMILES string of the molecule is O=C(c1cc(C2CC2)c(OCC23CC4CC(CC(C4)C2)C3)cc1F)N1CCC(F)C1. The number of carbonyl (C=O) groups is 1. The number of carbonyl (C=O) groups excluding carboxylic acids is 1. The lowest BCUT2D eigenvalue weighted by Gasteiger charge is -2.56. The average Bonchev–Trinajstić information content (AvgIpc) is 3.45. The largest absolute Gasteiger partial charge is 0.493 e. The molecule has 1 saturated heterocycles. The molecule has 0 radical (unpaired) electrons. The Morgan fingerprint density at radius 2 is 1.73 bits per heavy atom. The van der Waals surface area contributed by atoms with Gasteiger partial charge < -0.3 is 9.64 Å². The van der Waals surface area contributed by atoms with Crippen molar-refractivity contribution in [1.29, 1.82) is 0 Å². The number of halogens is 2. The van der Waals surface area contributed by atoms with E-state index < -0.39 is 12.0 Å². The summed E-state index contributed by atoms with van der Waals surface area (Å²) in [5.74, 6) is 2.65. The molecule has 5 heteroatoms. The minimum atomic E-state index is -0.997. The highest BCUT2D eigenvalue weighted by Crippen LogP contribution is 2.60. The van der Waals surface area contributed by atoms with Gasteiger partial charge in [0.25, 0.3) is 5.91 Å². The standard InChI is InChI=1S/C25H31F2NO2/c26-19-3-4-28(13-19)24(29)21-8-20(18-1-2-18)23(9-22(21)27)30-14-25-10-15-5-16(11-25)7-17(6-15)12-25/h8-9,15-19H,1-7,10-14H2. The molecule has 0 aromatic heterocycles. The summed E-state index contributed by atoms with van der Waals surface area (Å²) < 4.78 is 34.9. The van der Waals surface area contributed by atoms with E-state index in [1.54, 1.807) is 6.07 Å². The molecule has 5 saturated carbocycles. The summed E-state index contributed by atoms with van der Waals surface area (Å²) in [7, 11) is 0. The summed E-state index contributed by atoms with van der Waals surface area (Å²) in [6, 6.07) is 3.14. The summed E-state index contributed by atoms with van der Waals surface area (Å²) in [5, 5.41) is 0. The van der Waals surface area contributed by atoms with Crippen molar-refractivity contribution < 1.29 is 18.3 Å². The van der Waals surface area contributed by atoms with Crippen molar-refractivity contribution >= 4 is 5.91 Å². The molecule has 30 heavy (non-hydrogen) atoms. The highest BCUT2D eigenvalue weighted by Gasteiger charge is 2.51. The van der Waals surface area contributed by atoms with Crippen LogP contribution in [0.1, 0.15) is 79.6 Å². The molecule has 1 amide bonds. The normalized spacial score (nSPS) is 37.1. The molecule has 4 bridgehead atoms. The van der Waals surface area contributed by atoms with Crippen LogP contribution >= 0.6 is 0 Å². The number of hydrogen-bond acceptors (Lipinski definition) is 2. The lowest BCUT2D eigenvalue weighted by atomic mass is 9.50. The Labute approximate surface area is 177 Å². The molecule has 1 aliphatic heterocycles. The van der Waals surface area contributed by atoms with Gasteiger partial charge in [-0.2, -0.15) is 0 Å². The molecule has 6 fully saturated rings. The highest BCUT2D eigenvalue weighted by molar-refractivity contribution is 5.95. The zero-order chi connectivity index (χ0) is 20.5. The first kappa shape index (κ1) is 19.1. The van der Waals surface area contributed by atoms with Crippen LogP contribution in [0.2, 0.25) is 0 Å². The van der Waals surface area contributed by atoms with Crippen molar-refractivity contribution in [2.75, 3.05) is 19.7 Å². The van der Waals surface area contributed by atoms with E-state index in [0.717, 1.165) is 36.2 Å². The molecule has 1 unspecified atom stereocenters. The Morgan fingerprint density at radius 3 is 2.30 bits per heavy atom. The van der Waals surface area contributed by atoms with Gasteiger partial charge in [-0.1, -0.05) is 0 Å². The van der Waals surface area contributed by atoms with E-state index in [0.29, 0.717) is 31.2 Å². The maximum absolute atomic E-state index is 15.0. The van der Waals surface area contributed by atoms with Gasteiger partial charge >= 0.3 is 0 Å². The number of alkyl halides is 1. The van der Waals surface area contributed by atoms with Crippen LogP contribution in [0.3, 0.4) is 0 Å². The summed E-state index contributed by atoms with van der Waals surface area (Å²) in [6.45, 7) is 1.11. The molecule has 1 aromatic carbocycles. The number of nitrogens with zero attached hydrogens (tertiary/aromatic N) is 1. The predicted molar refractivity (Wildman–Crippen MR) is 110 cm³/mol. The van der Waals surface area contributed by atoms with Crippen LogP contribution in [0.4, 0.5) is 8.78 Å². The Balaban J connectivity index is 1.23. The molecule has 1 aromatic rings. The van der Waals surface area contributed by atoms with E-state index in [1.807, 2.05) is 0 Å². The highest BCUT2D eigenvalue weighted by atomic mass is 19.1. The van der Waals surface area contributed by atoms with Crippen molar-refractivity contribution in [1.82, 2.24) is 4.90 Å². The molecule has 5 aliphatic carbocycles. The molecule has 162 valence electrons. The Kier molecular flexibility index (Phi) is 4.40. The average molecular weight is 416 g/mol. The van der Waals surface area contributed by atoms with Gasteiger partial charge in [-0.25, -0.2) is 8.78 Å². The van der Waals surface area contributed by atoms with Crippen LogP contribution in [0.5, 0.6) is 5.75 Å². The van der Waals surface area contributed by atoms with Crippen LogP contribution in [-0.4, -0.2) is 36.7 Å². The molecule has 3 nitrogen and oxygen atoms in total. The van der Waals surface area contributed by atoms with E-state index >= 15 is 0 Å². The fourth-order valence-corrected chi connectivity index (χ4v) is 7.34. The van der Waals surface area contributed by atoms with Crippen molar-refractivity contribution in [3.8, 4) is 5.75 Å². The topological polar surface area (TPSA) is 29.5 Å². The number of hydrogen-bond donors (Lipinski definition) is 0. The van der Waals surface area contributed by atoms with Crippen molar-refractivity contribution in [2.45, 2.75) is 69.9 Å². The molecular formula is C25H31F2NO2. The fraction of sp³-hybridized carbons (Fsp3) is 0.720. The molecule has 1 atom stereocenters. The van der Waals surface area contributed by atoms with Gasteiger partial charge in [0.2, 0.25) is 0 Å². The number of amides is 1. The van der Waals surface area contributed by atoms with Crippen LogP contribution in [0, 0.1) is 29.0 Å². The monoisotopic (exact) mass is 415 g/mol. The fourth-order valence-electron chi connectivity index (χ4n) is 7.34. The van der Waals surface area contributed by atoms with Gasteiger partial charge in [-0.3, -0.25) is 4.79 Å². The van der Waals surface area contributed by atoms with Crippen LogP contribution < -0.4 is 4.74 Å². The van der Waals surface area contributed by atoms with E-state index in [4.69, 9.17) is 4.74 Å². The zero-order valence-electron chi connectivity index (χ0n) is 17.5. The molecule has 1 heterocycles. The van der Waals surface area contributed by atoms with Crippen LogP contribution in [0.15, 0.2) is 12.1 Å². The predicted octanol–water partition coefficient (Wildman–Crippen LogP) is 5.48. The van der Waals surface area contributed by atoms with Crippen molar-refractivity contribution in [3.63, 3.8) is 0 Å². The first-order valence-electron chi connectivity index (χ1n) is 11.9. The van der Waals surface area contributed by atoms with Gasteiger partial charge in [-0.15, -0.1) is 0 Å². The third-order valence-electron chi connectivity index (χ3n) is 8.46. The lowest BCUT2D eigenvalue weighted by molar-refractivity contribution is -0.0747. The van der Waals surface area contributed by atoms with Crippen molar-refractivity contribution in [2.24, 2.45) is 23.2 Å². The number of rotatable bonds is 5. The van der Waals surface area contributed by atoms with E-state index in [2.05, 4.69) is 0 Å². The molecule has 0 N–H and O–H groups in total. The van der Waals surface area contributed by atoms with E-state index in [1.165, 1.54) is 49.5 Å². The molecule has 0 spiro atoms. The summed E-state index contributed by atoms with van der Waals surface area (Å²) >= 11 is 0. The smallest absolute Gasteiger partial charge is 0.256 e. The second kappa shape index (κ2) is 6.93. The first-order valence-corrected chi connectivity index (χ1v) is 11.9. The van der Waals surface area contributed by atoms with Gasteiger partial charge in [0, 0.05) is 18.0 Å². The number of ether oxygens (including phenoxy) is 1. The van der Waals surface area contributed by atoms with Gasteiger partial charge in [0.15, 0.2) is 0 Å². The number of likely N-dealkylation sites (tertiary alicyclic amines) is 1. The third kappa shape index (κ3) is 3.33. The quantitative estimate of drug-likeness (QED) is 0.637. The number of benzene rings is 1. The summed E-state index contributed by atoms with van der Waals surface area (Å²) in [5.41, 5.74) is 1.32.